The van der Waals surface area contributed by atoms with Gasteiger partial charge < -0.3 is 28.5 Å². The molecule has 0 radical (unpaired) electrons. The summed E-state index contributed by atoms with van der Waals surface area (Å²) in [4.78, 5) is 37.8. The summed E-state index contributed by atoms with van der Waals surface area (Å²) in [5.41, 5.74) is 0. The highest BCUT2D eigenvalue weighted by molar-refractivity contribution is 5.71. The number of carbonyl (C=O) groups is 3. The molecule has 0 heterocycles. The van der Waals surface area contributed by atoms with E-state index in [9.17, 15) is 19.5 Å². The number of nitrogens with zero attached hydrogens (tertiary/aromatic N) is 1. The minimum atomic E-state index is -1.51. The quantitative estimate of drug-likeness (QED) is 0.0278. The van der Waals surface area contributed by atoms with E-state index in [2.05, 4.69) is 13.8 Å². The number of carbonyl (C=O) groups excluding carboxylic acids is 2. The topological polar surface area (TPSA) is 108 Å². The van der Waals surface area contributed by atoms with Crippen LogP contribution in [0.4, 0.5) is 0 Å². The molecule has 0 amide bonds. The summed E-state index contributed by atoms with van der Waals surface area (Å²) in [5.74, 6) is -1.96. The van der Waals surface area contributed by atoms with Crippen LogP contribution in [0.2, 0.25) is 0 Å². The van der Waals surface area contributed by atoms with E-state index in [4.69, 9.17) is 18.9 Å². The molecule has 0 rings (SSSR count). The Hall–Kier alpha value is -1.71. The summed E-state index contributed by atoms with van der Waals surface area (Å²) >= 11 is 0. The van der Waals surface area contributed by atoms with E-state index in [1.54, 1.807) is 0 Å². The maximum atomic E-state index is 13.0. The Morgan fingerprint density at radius 1 is 0.283 bits per heavy atom. The van der Waals surface area contributed by atoms with Gasteiger partial charge in [-0.05, 0) is 12.8 Å². The number of esters is 2. The van der Waals surface area contributed by atoms with E-state index in [1.165, 1.54) is 392 Å². The van der Waals surface area contributed by atoms with Crippen molar-refractivity contribution >= 4 is 17.9 Å². The average molecular weight is 1300 g/mol. The SMILES string of the molecule is CCCCCCCCCCCCCCCCCCCCCCCCCCCCCCCCCCCCC(=O)OC(COC(=O)CCCCCCCCCCCCCCCCCCCCCCCCCCCCCCCCCCC)COC(OCC[N+](C)(C)C)C(=O)O. The fraction of sp³-hybridized carbons (Fsp3) is 0.964. The number of quaternary nitrogens is 1. The molecule has 0 spiro atoms. The zero-order chi connectivity index (χ0) is 66.8. The van der Waals surface area contributed by atoms with Gasteiger partial charge in [0.05, 0.1) is 34.4 Å². The number of rotatable bonds is 80. The van der Waals surface area contributed by atoms with E-state index < -0.39 is 18.4 Å². The van der Waals surface area contributed by atoms with Crippen LogP contribution < -0.4 is 0 Å². The number of unbranched alkanes of at least 4 members (excludes halogenated alkanes) is 65. The molecule has 1 N–H and O–H groups in total. The van der Waals surface area contributed by atoms with Gasteiger partial charge in [0.25, 0.3) is 6.29 Å². The van der Waals surface area contributed by atoms with Crippen LogP contribution in [0.25, 0.3) is 0 Å². The normalized spacial score (nSPS) is 12.5. The standard InChI is InChI=1S/C83H163NO8/c1-6-8-10-12-14-16-18-20-22-24-26-28-30-32-34-36-38-40-42-44-46-48-50-52-54-56-58-60-62-64-66-68-70-72-74-81(86)92-79(78-91-83(82(87)88)89-76-75-84(3,4)5)77-90-80(85)73-71-69-67-65-63-61-59-57-55-53-51-49-47-45-43-41-39-37-35-33-31-29-27-25-23-21-19-17-15-13-11-9-7-2/h79,83H,6-78H2,1-5H3/p+1. The molecule has 2 atom stereocenters. The Bertz CT molecular complexity index is 1470. The van der Waals surface area contributed by atoms with E-state index in [0.717, 1.165) is 38.5 Å². The van der Waals surface area contributed by atoms with E-state index >= 15 is 0 Å². The molecule has 0 aromatic rings. The number of hydrogen-bond acceptors (Lipinski definition) is 7. The van der Waals surface area contributed by atoms with Gasteiger partial charge in [0, 0.05) is 12.8 Å². The van der Waals surface area contributed by atoms with E-state index in [1.807, 2.05) is 21.1 Å². The van der Waals surface area contributed by atoms with Gasteiger partial charge in [-0.2, -0.15) is 0 Å². The number of aliphatic carboxylic acids is 1. The molecule has 0 aliphatic carbocycles. The first kappa shape index (κ1) is 90.3. The van der Waals surface area contributed by atoms with E-state index in [-0.39, 0.29) is 38.2 Å². The minimum absolute atomic E-state index is 0.171. The van der Waals surface area contributed by atoms with Crippen molar-refractivity contribution in [2.45, 2.75) is 469 Å². The molecule has 548 valence electrons. The van der Waals surface area contributed by atoms with Crippen LogP contribution >= 0.6 is 0 Å². The van der Waals surface area contributed by atoms with Crippen LogP contribution in [0.15, 0.2) is 0 Å². The van der Waals surface area contributed by atoms with Crippen LogP contribution in [-0.4, -0.2) is 87.4 Å². The molecule has 2 unspecified atom stereocenters. The van der Waals surface area contributed by atoms with Crippen molar-refractivity contribution in [1.29, 1.82) is 0 Å². The molecule has 92 heavy (non-hydrogen) atoms. The Morgan fingerprint density at radius 3 is 0.696 bits per heavy atom. The van der Waals surface area contributed by atoms with Gasteiger partial charge in [0.15, 0.2) is 6.10 Å². The molecule has 9 nitrogen and oxygen atoms in total. The molecule has 0 saturated heterocycles. The molecule has 0 fully saturated rings. The van der Waals surface area contributed by atoms with Gasteiger partial charge in [0.2, 0.25) is 0 Å². The summed E-state index contributed by atoms with van der Waals surface area (Å²) in [7, 11) is 6.01. The van der Waals surface area contributed by atoms with Crippen LogP contribution in [0.5, 0.6) is 0 Å². The summed E-state index contributed by atoms with van der Waals surface area (Å²) in [6.45, 7) is 4.99. The highest BCUT2D eigenvalue weighted by Crippen LogP contribution is 2.21. The fourth-order valence-electron chi connectivity index (χ4n) is 13.3. The average Bonchev–Trinajstić information content (AvgIpc) is 3.52. The second kappa shape index (κ2) is 75.1. The molecular formula is C83H164NO8+. The molecule has 0 aromatic carbocycles. The van der Waals surface area contributed by atoms with Gasteiger partial charge in [-0.1, -0.05) is 431 Å². The smallest absolute Gasteiger partial charge is 0.361 e. The zero-order valence-corrected chi connectivity index (χ0v) is 63.0. The van der Waals surface area contributed by atoms with Crippen LogP contribution in [-0.2, 0) is 33.3 Å². The van der Waals surface area contributed by atoms with Gasteiger partial charge in [-0.25, -0.2) is 4.79 Å². The Morgan fingerprint density at radius 2 is 0.489 bits per heavy atom. The monoisotopic (exact) mass is 1300 g/mol. The maximum absolute atomic E-state index is 13.0. The Labute approximate surface area is 574 Å². The van der Waals surface area contributed by atoms with Crippen molar-refractivity contribution in [1.82, 2.24) is 0 Å². The first-order valence-electron chi connectivity index (χ1n) is 41.7. The van der Waals surface area contributed by atoms with Gasteiger partial charge in [-0.15, -0.1) is 0 Å². The third-order valence-electron chi connectivity index (χ3n) is 19.6. The Kier molecular flexibility index (Phi) is 73.7. The number of ether oxygens (including phenoxy) is 4. The lowest BCUT2D eigenvalue weighted by molar-refractivity contribution is -0.870. The number of hydrogen-bond donors (Lipinski definition) is 1. The highest BCUT2D eigenvalue weighted by atomic mass is 16.7. The summed E-state index contributed by atoms with van der Waals surface area (Å²) in [5, 5.41) is 9.78. The van der Waals surface area contributed by atoms with E-state index in [0.29, 0.717) is 17.4 Å². The molecule has 0 aliphatic heterocycles. The van der Waals surface area contributed by atoms with Crippen molar-refractivity contribution in [3.8, 4) is 0 Å². The molecule has 9 heteroatoms. The van der Waals surface area contributed by atoms with Crippen molar-refractivity contribution in [2.24, 2.45) is 0 Å². The molecule has 0 saturated carbocycles. The molecular weight excluding hydrogens is 1140 g/mol. The summed E-state index contributed by atoms with van der Waals surface area (Å²) in [6, 6.07) is 0. The first-order valence-corrected chi connectivity index (χ1v) is 41.7. The zero-order valence-electron chi connectivity index (χ0n) is 63.0. The minimum Gasteiger partial charge on any atom is -0.477 e. The molecule has 0 aromatic heterocycles. The van der Waals surface area contributed by atoms with Gasteiger partial charge in [-0.3, -0.25) is 9.59 Å². The third kappa shape index (κ3) is 75.7. The van der Waals surface area contributed by atoms with Crippen molar-refractivity contribution in [2.75, 3.05) is 47.5 Å². The van der Waals surface area contributed by atoms with Gasteiger partial charge in [0.1, 0.15) is 13.2 Å². The summed E-state index contributed by atoms with van der Waals surface area (Å²) in [6.07, 6.45) is 90.0. The summed E-state index contributed by atoms with van der Waals surface area (Å²) < 4.78 is 23.1. The second-order valence-electron chi connectivity index (χ2n) is 30.2. The van der Waals surface area contributed by atoms with Crippen LogP contribution in [0.1, 0.15) is 457 Å². The fourth-order valence-corrected chi connectivity index (χ4v) is 13.3. The molecule has 0 aliphatic rings. The third-order valence-corrected chi connectivity index (χ3v) is 19.6. The van der Waals surface area contributed by atoms with Crippen molar-refractivity contribution in [3.63, 3.8) is 0 Å². The van der Waals surface area contributed by atoms with Crippen LogP contribution in [0, 0.1) is 0 Å². The van der Waals surface area contributed by atoms with Crippen molar-refractivity contribution in [3.05, 3.63) is 0 Å². The number of carboxylic acid groups (broad SMARTS) is 1. The predicted molar refractivity (Wildman–Crippen MR) is 397 cm³/mol. The highest BCUT2D eigenvalue weighted by Gasteiger charge is 2.25. The second-order valence-corrected chi connectivity index (χ2v) is 30.2. The number of likely N-dealkylation sites (N-methyl/N-ethyl adjacent to an activating group) is 1. The lowest BCUT2D eigenvalue weighted by Crippen LogP contribution is -2.40. The van der Waals surface area contributed by atoms with Gasteiger partial charge >= 0.3 is 17.9 Å². The maximum Gasteiger partial charge on any atom is 0.361 e. The lowest BCUT2D eigenvalue weighted by atomic mass is 10.0. The predicted octanol–water partition coefficient (Wildman–Crippen LogP) is 26.5. The van der Waals surface area contributed by atoms with Crippen molar-refractivity contribution < 1.29 is 42.9 Å². The lowest BCUT2D eigenvalue weighted by Gasteiger charge is -2.25. The largest absolute Gasteiger partial charge is 0.477 e. The van der Waals surface area contributed by atoms with Crippen LogP contribution in [0.3, 0.4) is 0 Å². The number of carboxylic acids is 1. The first-order chi connectivity index (χ1) is 45.1. The molecule has 0 bridgehead atoms. The Balaban J connectivity index is 3.92.